The van der Waals surface area contributed by atoms with Crippen LogP contribution in [-0.2, 0) is 22.9 Å². The molecule has 6 nitrogen and oxygen atoms in total. The molecule has 1 aromatic carbocycles. The maximum absolute atomic E-state index is 11.4. The molecule has 132 valence electrons. The molecular formula is C15H21IN4O2S2. The highest BCUT2D eigenvalue weighted by molar-refractivity contribution is 14.0. The van der Waals surface area contributed by atoms with Crippen LogP contribution in [0.5, 0.6) is 0 Å². The molecular weight excluding hydrogens is 459 g/mol. The molecule has 0 saturated carbocycles. The largest absolute Gasteiger partial charge is 0.352 e. The van der Waals surface area contributed by atoms with E-state index in [1.807, 2.05) is 13.1 Å². The van der Waals surface area contributed by atoms with Crippen molar-refractivity contribution >= 4 is 51.1 Å². The number of nitrogens with zero attached hydrogens (tertiary/aromatic N) is 2. The van der Waals surface area contributed by atoms with Gasteiger partial charge in [0, 0.05) is 30.9 Å². The summed E-state index contributed by atoms with van der Waals surface area (Å²) in [5, 5.41) is 7.39. The summed E-state index contributed by atoms with van der Waals surface area (Å²) < 4.78 is 22.9. The number of benzene rings is 1. The molecule has 2 rings (SSSR count). The number of hydrogen-bond donors (Lipinski definition) is 2. The summed E-state index contributed by atoms with van der Waals surface area (Å²) in [4.78, 5) is 9.95. The van der Waals surface area contributed by atoms with Gasteiger partial charge in [-0.2, -0.15) is 0 Å². The van der Waals surface area contributed by atoms with Gasteiger partial charge in [0.15, 0.2) is 15.8 Å². The van der Waals surface area contributed by atoms with Crippen molar-refractivity contribution in [2.24, 2.45) is 4.99 Å². The smallest absolute Gasteiger partial charge is 0.191 e. The lowest BCUT2D eigenvalue weighted by atomic mass is 10.2. The van der Waals surface area contributed by atoms with Gasteiger partial charge in [-0.15, -0.1) is 35.3 Å². The second-order valence-corrected chi connectivity index (χ2v) is 8.40. The quantitative estimate of drug-likeness (QED) is 0.390. The van der Waals surface area contributed by atoms with Crippen LogP contribution in [0.4, 0.5) is 0 Å². The van der Waals surface area contributed by atoms with E-state index in [4.69, 9.17) is 0 Å². The van der Waals surface area contributed by atoms with Crippen molar-refractivity contribution in [3.8, 4) is 0 Å². The van der Waals surface area contributed by atoms with Gasteiger partial charge in [0.25, 0.3) is 0 Å². The van der Waals surface area contributed by atoms with E-state index in [2.05, 4.69) is 20.6 Å². The first-order valence-electron chi connectivity index (χ1n) is 7.03. The minimum Gasteiger partial charge on any atom is -0.352 e. The van der Waals surface area contributed by atoms with Crippen LogP contribution in [0, 0.1) is 6.92 Å². The van der Waals surface area contributed by atoms with Gasteiger partial charge >= 0.3 is 0 Å². The fraction of sp³-hybridized carbons (Fsp3) is 0.333. The van der Waals surface area contributed by atoms with Crippen LogP contribution in [0.15, 0.2) is 40.4 Å². The van der Waals surface area contributed by atoms with Crippen LogP contribution >= 0.6 is 35.3 Å². The molecule has 0 radical (unpaired) electrons. The van der Waals surface area contributed by atoms with Crippen molar-refractivity contribution in [3.05, 3.63) is 45.9 Å². The predicted octanol–water partition coefficient (Wildman–Crippen LogP) is 2.34. The normalized spacial score (nSPS) is 11.7. The Bertz CT molecular complexity index is 786. The van der Waals surface area contributed by atoms with E-state index in [1.54, 1.807) is 42.6 Å². The van der Waals surface area contributed by atoms with Gasteiger partial charge in [-0.05, 0) is 24.6 Å². The average molecular weight is 480 g/mol. The zero-order valence-electron chi connectivity index (χ0n) is 13.7. The highest BCUT2D eigenvalue weighted by atomic mass is 127. The molecule has 9 heteroatoms. The molecule has 0 fully saturated rings. The number of nitrogens with one attached hydrogen (secondary N) is 2. The van der Waals surface area contributed by atoms with E-state index in [0.717, 1.165) is 10.6 Å². The number of sulfone groups is 1. The van der Waals surface area contributed by atoms with Crippen molar-refractivity contribution in [2.45, 2.75) is 24.9 Å². The lowest BCUT2D eigenvalue weighted by molar-refractivity contribution is 0.602. The fourth-order valence-corrected chi connectivity index (χ4v) is 3.26. The van der Waals surface area contributed by atoms with Crippen LogP contribution < -0.4 is 10.6 Å². The number of aromatic nitrogens is 1. The Balaban J connectivity index is 0.00000288. The van der Waals surface area contributed by atoms with Crippen LogP contribution in [0.1, 0.15) is 15.4 Å². The Labute approximate surface area is 163 Å². The molecule has 0 amide bonds. The molecule has 0 atom stereocenters. The number of hydrogen-bond acceptors (Lipinski definition) is 5. The lowest BCUT2D eigenvalue weighted by Crippen LogP contribution is -2.36. The zero-order valence-corrected chi connectivity index (χ0v) is 17.7. The fourth-order valence-electron chi connectivity index (χ4n) is 1.90. The summed E-state index contributed by atoms with van der Waals surface area (Å²) in [6.45, 7) is 3.19. The SMILES string of the molecule is CN=C(NCc1ccc(S(C)(=O)=O)cc1)NCc1ncc(C)s1.I. The van der Waals surface area contributed by atoms with Crippen LogP contribution in [-0.4, -0.2) is 32.7 Å². The molecule has 1 aromatic heterocycles. The highest BCUT2D eigenvalue weighted by Crippen LogP contribution is 2.11. The van der Waals surface area contributed by atoms with Gasteiger partial charge in [-0.25, -0.2) is 13.4 Å². The Hall–Kier alpha value is -1.20. The topological polar surface area (TPSA) is 83.5 Å². The molecule has 0 unspecified atom stereocenters. The van der Waals surface area contributed by atoms with Gasteiger partial charge in [-0.1, -0.05) is 12.1 Å². The van der Waals surface area contributed by atoms with E-state index in [9.17, 15) is 8.42 Å². The van der Waals surface area contributed by atoms with E-state index in [1.165, 1.54) is 11.1 Å². The van der Waals surface area contributed by atoms with E-state index in [0.29, 0.717) is 23.9 Å². The van der Waals surface area contributed by atoms with Crippen molar-refractivity contribution in [2.75, 3.05) is 13.3 Å². The third kappa shape index (κ3) is 6.36. The van der Waals surface area contributed by atoms with Crippen molar-refractivity contribution < 1.29 is 8.42 Å². The molecule has 2 aromatic rings. The van der Waals surface area contributed by atoms with Gasteiger partial charge in [-0.3, -0.25) is 4.99 Å². The molecule has 0 bridgehead atoms. The number of aryl methyl sites for hydroxylation is 1. The minimum atomic E-state index is -3.16. The first kappa shape index (κ1) is 20.8. The number of guanidine groups is 1. The van der Waals surface area contributed by atoms with Crippen molar-refractivity contribution in [1.82, 2.24) is 15.6 Å². The van der Waals surface area contributed by atoms with Gasteiger partial charge < -0.3 is 10.6 Å². The Morgan fingerprint density at radius 2 is 1.83 bits per heavy atom. The van der Waals surface area contributed by atoms with Crippen molar-refractivity contribution in [1.29, 1.82) is 0 Å². The Morgan fingerprint density at radius 1 is 1.21 bits per heavy atom. The summed E-state index contributed by atoms with van der Waals surface area (Å²) in [5.74, 6) is 0.671. The second kappa shape index (κ2) is 9.33. The third-order valence-corrected chi connectivity index (χ3v) is 5.15. The molecule has 0 aliphatic carbocycles. The molecule has 0 spiro atoms. The van der Waals surface area contributed by atoms with E-state index in [-0.39, 0.29) is 24.0 Å². The maximum atomic E-state index is 11.4. The number of halogens is 1. The molecule has 2 N–H and O–H groups in total. The average Bonchev–Trinajstić information content (AvgIpc) is 2.92. The van der Waals surface area contributed by atoms with Gasteiger partial charge in [0.05, 0.1) is 11.4 Å². The van der Waals surface area contributed by atoms with E-state index >= 15 is 0 Å². The highest BCUT2D eigenvalue weighted by Gasteiger charge is 2.06. The minimum absolute atomic E-state index is 0. The van der Waals surface area contributed by atoms with Crippen LogP contribution in [0.25, 0.3) is 0 Å². The molecule has 24 heavy (non-hydrogen) atoms. The lowest BCUT2D eigenvalue weighted by Gasteiger charge is -2.11. The third-order valence-electron chi connectivity index (χ3n) is 3.11. The Kier molecular flexibility index (Phi) is 8.10. The summed E-state index contributed by atoms with van der Waals surface area (Å²) in [5.41, 5.74) is 0.977. The number of thiazole rings is 1. The molecule has 0 aliphatic rings. The summed E-state index contributed by atoms with van der Waals surface area (Å²) in [6.07, 6.45) is 3.05. The van der Waals surface area contributed by atoms with Gasteiger partial charge in [0.1, 0.15) is 5.01 Å². The second-order valence-electron chi connectivity index (χ2n) is 5.06. The van der Waals surface area contributed by atoms with Crippen LogP contribution in [0.3, 0.4) is 0 Å². The van der Waals surface area contributed by atoms with Crippen LogP contribution in [0.2, 0.25) is 0 Å². The van der Waals surface area contributed by atoms with Crippen molar-refractivity contribution in [3.63, 3.8) is 0 Å². The first-order valence-corrected chi connectivity index (χ1v) is 9.74. The Morgan fingerprint density at radius 3 is 2.33 bits per heavy atom. The maximum Gasteiger partial charge on any atom is 0.191 e. The molecule has 1 heterocycles. The monoisotopic (exact) mass is 480 g/mol. The summed E-state index contributed by atoms with van der Waals surface area (Å²) in [7, 11) is -1.45. The standard InChI is InChI=1S/C15H20N4O2S2.HI/c1-11-8-17-14(22-11)10-19-15(16-2)18-9-12-4-6-13(7-5-12)23(3,20)21;/h4-8H,9-10H2,1-3H3,(H2,16,18,19);1H. The molecule has 0 aliphatic heterocycles. The number of rotatable bonds is 5. The zero-order chi connectivity index (χ0) is 16.9. The first-order chi connectivity index (χ1) is 10.9. The number of aliphatic imine (C=N–C) groups is 1. The van der Waals surface area contributed by atoms with E-state index < -0.39 is 9.84 Å². The predicted molar refractivity (Wildman–Crippen MR) is 109 cm³/mol. The van der Waals surface area contributed by atoms with Gasteiger partial charge in [0.2, 0.25) is 0 Å². The summed E-state index contributed by atoms with van der Waals surface area (Å²) in [6, 6.07) is 6.81. The summed E-state index contributed by atoms with van der Waals surface area (Å²) >= 11 is 1.65. The molecule has 0 saturated heterocycles.